The van der Waals surface area contributed by atoms with Crippen molar-refractivity contribution in [1.29, 1.82) is 5.26 Å². The van der Waals surface area contributed by atoms with E-state index in [1.54, 1.807) is 19.9 Å². The lowest BCUT2D eigenvalue weighted by molar-refractivity contribution is -0.150. The van der Waals surface area contributed by atoms with Crippen molar-refractivity contribution >= 4 is 17.6 Å². The molecular formula is C12H11ClFNO2. The number of carbonyl (C=O) groups is 1. The van der Waals surface area contributed by atoms with E-state index in [0.29, 0.717) is 0 Å². The Morgan fingerprint density at radius 2 is 2.18 bits per heavy atom. The van der Waals surface area contributed by atoms with E-state index >= 15 is 0 Å². The first-order valence-corrected chi connectivity index (χ1v) is 5.39. The Balaban J connectivity index is 3.04. The Kier molecular flexibility index (Phi) is 4.47. The molecule has 0 N–H and O–H groups in total. The van der Waals surface area contributed by atoms with Crippen LogP contribution in [-0.2, 0) is 9.53 Å². The molecule has 17 heavy (non-hydrogen) atoms. The molecule has 0 aliphatic heterocycles. The Morgan fingerprint density at radius 3 is 2.65 bits per heavy atom. The van der Waals surface area contributed by atoms with E-state index in [0.717, 1.165) is 6.07 Å². The number of nitrogens with zero attached hydrogens (tertiary/aromatic N) is 1. The zero-order chi connectivity index (χ0) is 13.0. The van der Waals surface area contributed by atoms with Crippen molar-refractivity contribution in [3.05, 3.63) is 34.6 Å². The van der Waals surface area contributed by atoms with Gasteiger partial charge in [-0.1, -0.05) is 31.5 Å². The summed E-state index contributed by atoms with van der Waals surface area (Å²) in [6, 6.07) is 5.73. The standard InChI is InChI=1S/C12H11ClFNO2/c1-7(2)12(16)17-10(6-15)11-8(13)4-3-5-9(11)14/h3-5,7,10H,1-2H3. The number of ether oxygens (including phenoxy) is 1. The highest BCUT2D eigenvalue weighted by molar-refractivity contribution is 6.31. The smallest absolute Gasteiger partial charge is 0.310 e. The molecule has 0 saturated carbocycles. The molecule has 1 aromatic carbocycles. The first kappa shape index (κ1) is 13.5. The zero-order valence-electron chi connectivity index (χ0n) is 9.41. The van der Waals surface area contributed by atoms with Gasteiger partial charge in [0.25, 0.3) is 0 Å². The fourth-order valence-corrected chi connectivity index (χ4v) is 1.43. The summed E-state index contributed by atoms with van der Waals surface area (Å²) in [5.41, 5.74) is -0.106. The fourth-order valence-electron chi connectivity index (χ4n) is 1.16. The van der Waals surface area contributed by atoms with E-state index < -0.39 is 23.8 Å². The minimum Gasteiger partial charge on any atom is -0.442 e. The fraction of sp³-hybridized carbons (Fsp3) is 0.333. The summed E-state index contributed by atoms with van der Waals surface area (Å²) in [6.45, 7) is 3.25. The lowest BCUT2D eigenvalue weighted by atomic mass is 10.1. The van der Waals surface area contributed by atoms with Crippen LogP contribution in [0.1, 0.15) is 25.5 Å². The van der Waals surface area contributed by atoms with Gasteiger partial charge < -0.3 is 4.74 Å². The third kappa shape index (κ3) is 3.18. The molecule has 0 heterocycles. The summed E-state index contributed by atoms with van der Waals surface area (Å²) in [5, 5.41) is 8.97. The Hall–Kier alpha value is -1.60. The molecule has 1 unspecified atom stereocenters. The van der Waals surface area contributed by atoms with Gasteiger partial charge in [-0.2, -0.15) is 5.26 Å². The molecule has 0 saturated heterocycles. The second kappa shape index (κ2) is 5.65. The van der Waals surface area contributed by atoms with Crippen molar-refractivity contribution in [2.75, 3.05) is 0 Å². The second-order valence-corrected chi connectivity index (χ2v) is 4.14. The van der Waals surface area contributed by atoms with E-state index in [1.807, 2.05) is 0 Å². The molecule has 1 aromatic rings. The van der Waals surface area contributed by atoms with Crippen LogP contribution in [0.25, 0.3) is 0 Å². The van der Waals surface area contributed by atoms with Gasteiger partial charge in [0.1, 0.15) is 11.9 Å². The van der Waals surface area contributed by atoms with Crippen molar-refractivity contribution in [1.82, 2.24) is 0 Å². The van der Waals surface area contributed by atoms with E-state index in [1.165, 1.54) is 12.1 Å². The van der Waals surface area contributed by atoms with Crippen LogP contribution in [0.5, 0.6) is 0 Å². The molecule has 90 valence electrons. The summed E-state index contributed by atoms with van der Waals surface area (Å²) in [5.74, 6) is -1.63. The van der Waals surface area contributed by atoms with Crippen LogP contribution in [0.2, 0.25) is 5.02 Å². The van der Waals surface area contributed by atoms with Crippen molar-refractivity contribution in [3.63, 3.8) is 0 Å². The largest absolute Gasteiger partial charge is 0.442 e. The number of carbonyl (C=O) groups excluding carboxylic acids is 1. The normalized spacial score (nSPS) is 12.0. The summed E-state index contributed by atoms with van der Waals surface area (Å²) in [4.78, 5) is 11.4. The van der Waals surface area contributed by atoms with Crippen molar-refractivity contribution < 1.29 is 13.9 Å². The third-order valence-corrected chi connectivity index (χ3v) is 2.41. The van der Waals surface area contributed by atoms with E-state index in [9.17, 15) is 9.18 Å². The lowest BCUT2D eigenvalue weighted by Crippen LogP contribution is -2.16. The minimum atomic E-state index is -1.32. The molecule has 0 aromatic heterocycles. The minimum absolute atomic E-state index is 0.0631. The SMILES string of the molecule is CC(C)C(=O)OC(C#N)c1c(F)cccc1Cl. The van der Waals surface area contributed by atoms with E-state index in [4.69, 9.17) is 21.6 Å². The zero-order valence-corrected chi connectivity index (χ0v) is 10.2. The molecule has 0 amide bonds. The van der Waals surface area contributed by atoms with Crippen LogP contribution in [0, 0.1) is 23.1 Å². The Morgan fingerprint density at radius 1 is 1.53 bits per heavy atom. The first-order chi connectivity index (χ1) is 7.97. The van der Waals surface area contributed by atoms with Crippen LogP contribution in [0.15, 0.2) is 18.2 Å². The van der Waals surface area contributed by atoms with Crippen molar-refractivity contribution in [2.45, 2.75) is 20.0 Å². The van der Waals surface area contributed by atoms with Gasteiger partial charge in [-0.3, -0.25) is 4.79 Å². The van der Waals surface area contributed by atoms with Gasteiger partial charge in [-0.15, -0.1) is 0 Å². The highest BCUT2D eigenvalue weighted by Gasteiger charge is 2.23. The molecular weight excluding hydrogens is 245 g/mol. The van der Waals surface area contributed by atoms with Gasteiger partial charge in [0.15, 0.2) is 0 Å². The average molecular weight is 256 g/mol. The molecule has 0 fully saturated rings. The summed E-state index contributed by atoms with van der Waals surface area (Å²) in [6.07, 6.45) is -1.32. The number of benzene rings is 1. The van der Waals surface area contributed by atoms with Crippen LogP contribution in [-0.4, -0.2) is 5.97 Å². The monoisotopic (exact) mass is 255 g/mol. The van der Waals surface area contributed by atoms with Crippen molar-refractivity contribution in [2.24, 2.45) is 5.92 Å². The maximum atomic E-state index is 13.5. The first-order valence-electron chi connectivity index (χ1n) is 5.01. The predicted molar refractivity (Wildman–Crippen MR) is 60.7 cm³/mol. The summed E-state index contributed by atoms with van der Waals surface area (Å²) < 4.78 is 18.4. The quantitative estimate of drug-likeness (QED) is 0.779. The van der Waals surface area contributed by atoms with Gasteiger partial charge in [-0.25, -0.2) is 4.39 Å². The van der Waals surface area contributed by atoms with Crippen LogP contribution in [0.3, 0.4) is 0 Å². The molecule has 0 bridgehead atoms. The third-order valence-electron chi connectivity index (χ3n) is 2.08. The van der Waals surface area contributed by atoms with Gasteiger partial charge in [-0.05, 0) is 12.1 Å². The average Bonchev–Trinajstić information content (AvgIpc) is 2.26. The number of esters is 1. The number of hydrogen-bond donors (Lipinski definition) is 0. The molecule has 0 aliphatic carbocycles. The highest BCUT2D eigenvalue weighted by atomic mass is 35.5. The van der Waals surface area contributed by atoms with Gasteiger partial charge >= 0.3 is 5.97 Å². The number of halogens is 2. The maximum absolute atomic E-state index is 13.5. The summed E-state index contributed by atoms with van der Waals surface area (Å²) >= 11 is 5.78. The lowest BCUT2D eigenvalue weighted by Gasteiger charge is -2.14. The molecule has 3 nitrogen and oxygen atoms in total. The topological polar surface area (TPSA) is 50.1 Å². The van der Waals surface area contributed by atoms with Gasteiger partial charge in [0.2, 0.25) is 6.10 Å². The maximum Gasteiger partial charge on any atom is 0.310 e. The van der Waals surface area contributed by atoms with Crippen LogP contribution >= 0.6 is 11.6 Å². The second-order valence-electron chi connectivity index (χ2n) is 3.74. The van der Waals surface area contributed by atoms with Gasteiger partial charge in [0, 0.05) is 0 Å². The predicted octanol–water partition coefficient (Wildman–Crippen LogP) is 3.24. The van der Waals surface area contributed by atoms with Gasteiger partial charge in [0.05, 0.1) is 16.5 Å². The molecule has 5 heteroatoms. The Labute approximate surface area is 104 Å². The number of nitriles is 1. The molecule has 0 spiro atoms. The molecule has 0 aliphatic rings. The molecule has 0 radical (unpaired) electrons. The van der Waals surface area contributed by atoms with E-state index in [-0.39, 0.29) is 10.6 Å². The van der Waals surface area contributed by atoms with E-state index in [2.05, 4.69) is 0 Å². The Bertz CT molecular complexity index is 448. The van der Waals surface area contributed by atoms with Crippen LogP contribution in [0.4, 0.5) is 4.39 Å². The van der Waals surface area contributed by atoms with Crippen LogP contribution < -0.4 is 0 Å². The number of rotatable bonds is 3. The summed E-state index contributed by atoms with van der Waals surface area (Å²) in [7, 11) is 0. The molecule has 1 atom stereocenters. The molecule has 1 rings (SSSR count). The number of hydrogen-bond acceptors (Lipinski definition) is 3. The van der Waals surface area contributed by atoms with Crippen molar-refractivity contribution in [3.8, 4) is 6.07 Å². The highest BCUT2D eigenvalue weighted by Crippen LogP contribution is 2.28.